The van der Waals surface area contributed by atoms with Crippen LogP contribution < -0.4 is 5.73 Å². The van der Waals surface area contributed by atoms with Crippen molar-refractivity contribution in [3.8, 4) is 0 Å². The van der Waals surface area contributed by atoms with Crippen LogP contribution in [0.4, 0.5) is 0 Å². The van der Waals surface area contributed by atoms with Crippen LogP contribution in [0.5, 0.6) is 0 Å². The summed E-state index contributed by atoms with van der Waals surface area (Å²) in [5.41, 5.74) is 6.96. The van der Waals surface area contributed by atoms with E-state index >= 15 is 0 Å². The van der Waals surface area contributed by atoms with E-state index in [0.717, 1.165) is 13.0 Å². The minimum absolute atomic E-state index is 0.0476. The van der Waals surface area contributed by atoms with Gasteiger partial charge in [0.05, 0.1) is 6.20 Å². The first-order valence-electron chi connectivity index (χ1n) is 4.83. The monoisotopic (exact) mass is 181 g/mol. The van der Waals surface area contributed by atoms with Gasteiger partial charge in [0.2, 0.25) is 0 Å². The number of hydrogen-bond donors (Lipinski definition) is 1. The number of aryl methyl sites for hydroxylation is 1. The average Bonchev–Trinajstić information content (AvgIpc) is 2.54. The van der Waals surface area contributed by atoms with Crippen molar-refractivity contribution < 1.29 is 0 Å². The first-order chi connectivity index (χ1) is 6.10. The van der Waals surface area contributed by atoms with Gasteiger partial charge in [-0.2, -0.15) is 5.10 Å². The van der Waals surface area contributed by atoms with E-state index in [1.807, 2.05) is 10.9 Å². The van der Waals surface area contributed by atoms with Crippen molar-refractivity contribution in [2.24, 2.45) is 5.73 Å². The third-order valence-electron chi connectivity index (χ3n) is 2.38. The van der Waals surface area contributed by atoms with Gasteiger partial charge >= 0.3 is 0 Å². The summed E-state index contributed by atoms with van der Waals surface area (Å²) >= 11 is 0. The lowest BCUT2D eigenvalue weighted by Crippen LogP contribution is -2.27. The van der Waals surface area contributed by atoms with Crippen molar-refractivity contribution in [2.75, 3.05) is 6.54 Å². The van der Waals surface area contributed by atoms with Crippen molar-refractivity contribution in [2.45, 2.75) is 39.2 Å². The first kappa shape index (κ1) is 10.3. The molecule has 3 nitrogen and oxygen atoms in total. The summed E-state index contributed by atoms with van der Waals surface area (Å²) in [4.78, 5) is 0. The molecule has 2 N–H and O–H groups in total. The molecule has 0 aliphatic carbocycles. The molecule has 0 amide bonds. The standard InChI is InChI=1S/C10H19N3/c1-4-5-13-7-9(6-12-13)10(2,3)8-11/h6-7H,4-5,8,11H2,1-3H3. The minimum atomic E-state index is 0.0476. The fraction of sp³-hybridized carbons (Fsp3) is 0.700. The highest BCUT2D eigenvalue weighted by Gasteiger charge is 2.19. The number of aromatic nitrogens is 2. The minimum Gasteiger partial charge on any atom is -0.330 e. The summed E-state index contributed by atoms with van der Waals surface area (Å²) in [6.07, 6.45) is 5.13. The number of rotatable bonds is 4. The fourth-order valence-corrected chi connectivity index (χ4v) is 1.18. The van der Waals surface area contributed by atoms with Gasteiger partial charge in [-0.3, -0.25) is 4.68 Å². The Morgan fingerprint density at radius 1 is 1.54 bits per heavy atom. The highest BCUT2D eigenvalue weighted by atomic mass is 15.3. The molecule has 0 fully saturated rings. The van der Waals surface area contributed by atoms with E-state index in [4.69, 9.17) is 5.73 Å². The molecule has 0 atom stereocenters. The quantitative estimate of drug-likeness (QED) is 0.765. The molecule has 0 unspecified atom stereocenters. The normalized spacial score (nSPS) is 12.0. The van der Waals surface area contributed by atoms with Crippen LogP contribution in [0.15, 0.2) is 12.4 Å². The maximum absolute atomic E-state index is 5.68. The average molecular weight is 181 g/mol. The second-order valence-electron chi connectivity index (χ2n) is 4.08. The van der Waals surface area contributed by atoms with Crippen molar-refractivity contribution in [3.63, 3.8) is 0 Å². The molecule has 1 heterocycles. The van der Waals surface area contributed by atoms with E-state index in [1.54, 1.807) is 0 Å². The van der Waals surface area contributed by atoms with Crippen LogP contribution in [-0.4, -0.2) is 16.3 Å². The van der Waals surface area contributed by atoms with Gasteiger partial charge in [-0.15, -0.1) is 0 Å². The molecule has 0 radical (unpaired) electrons. The predicted molar refractivity (Wildman–Crippen MR) is 54.6 cm³/mol. The Balaban J connectivity index is 2.79. The third-order valence-corrected chi connectivity index (χ3v) is 2.38. The number of nitrogens with two attached hydrogens (primary N) is 1. The third kappa shape index (κ3) is 2.31. The molecule has 0 saturated heterocycles. The van der Waals surface area contributed by atoms with E-state index in [1.165, 1.54) is 5.56 Å². The molecular formula is C10H19N3. The van der Waals surface area contributed by atoms with Crippen LogP contribution in [-0.2, 0) is 12.0 Å². The summed E-state index contributed by atoms with van der Waals surface area (Å²) in [7, 11) is 0. The topological polar surface area (TPSA) is 43.8 Å². The van der Waals surface area contributed by atoms with Crippen LogP contribution in [0.1, 0.15) is 32.8 Å². The Labute approximate surface area is 79.9 Å². The van der Waals surface area contributed by atoms with Crippen LogP contribution in [0, 0.1) is 0 Å². The molecule has 0 aliphatic heterocycles. The highest BCUT2D eigenvalue weighted by molar-refractivity contribution is 5.17. The molecule has 0 aliphatic rings. The van der Waals surface area contributed by atoms with Gasteiger partial charge in [-0.05, 0) is 12.0 Å². The lowest BCUT2D eigenvalue weighted by molar-refractivity contribution is 0.536. The molecule has 74 valence electrons. The summed E-state index contributed by atoms with van der Waals surface area (Å²) in [5, 5.41) is 4.28. The first-order valence-corrected chi connectivity index (χ1v) is 4.83. The Bertz CT molecular complexity index is 263. The van der Waals surface area contributed by atoms with Crippen molar-refractivity contribution >= 4 is 0 Å². The van der Waals surface area contributed by atoms with Crippen molar-refractivity contribution in [1.82, 2.24) is 9.78 Å². The molecule has 1 rings (SSSR count). The molecule has 0 spiro atoms. The zero-order chi connectivity index (χ0) is 9.90. The van der Waals surface area contributed by atoms with Gasteiger partial charge in [0, 0.05) is 24.7 Å². The summed E-state index contributed by atoms with van der Waals surface area (Å²) < 4.78 is 1.98. The molecule has 13 heavy (non-hydrogen) atoms. The summed E-state index contributed by atoms with van der Waals surface area (Å²) in [6.45, 7) is 8.07. The van der Waals surface area contributed by atoms with E-state index in [-0.39, 0.29) is 5.41 Å². The fourth-order valence-electron chi connectivity index (χ4n) is 1.18. The Hall–Kier alpha value is -0.830. The van der Waals surface area contributed by atoms with E-state index in [9.17, 15) is 0 Å². The zero-order valence-corrected chi connectivity index (χ0v) is 8.75. The van der Waals surface area contributed by atoms with Gasteiger partial charge < -0.3 is 5.73 Å². The molecule has 0 aromatic carbocycles. The largest absolute Gasteiger partial charge is 0.330 e. The van der Waals surface area contributed by atoms with Gasteiger partial charge in [0.15, 0.2) is 0 Å². The molecule has 0 saturated carbocycles. The van der Waals surface area contributed by atoms with Gasteiger partial charge in [0.25, 0.3) is 0 Å². The Morgan fingerprint density at radius 2 is 2.23 bits per heavy atom. The highest BCUT2D eigenvalue weighted by Crippen LogP contribution is 2.20. The van der Waals surface area contributed by atoms with Crippen LogP contribution in [0.25, 0.3) is 0 Å². The molecule has 1 aromatic heterocycles. The molecule has 1 aromatic rings. The molecular weight excluding hydrogens is 162 g/mol. The van der Waals surface area contributed by atoms with Gasteiger partial charge in [0.1, 0.15) is 0 Å². The van der Waals surface area contributed by atoms with Gasteiger partial charge in [-0.1, -0.05) is 20.8 Å². The van der Waals surface area contributed by atoms with E-state index in [0.29, 0.717) is 6.54 Å². The summed E-state index contributed by atoms with van der Waals surface area (Å²) in [6, 6.07) is 0. The van der Waals surface area contributed by atoms with E-state index in [2.05, 4.69) is 32.1 Å². The number of hydrogen-bond acceptors (Lipinski definition) is 2. The predicted octanol–water partition coefficient (Wildman–Crippen LogP) is 1.53. The smallest absolute Gasteiger partial charge is 0.0527 e. The molecule has 3 heteroatoms. The van der Waals surface area contributed by atoms with Crippen LogP contribution in [0.2, 0.25) is 0 Å². The van der Waals surface area contributed by atoms with Crippen molar-refractivity contribution in [1.29, 1.82) is 0 Å². The zero-order valence-electron chi connectivity index (χ0n) is 8.75. The molecule has 0 bridgehead atoms. The van der Waals surface area contributed by atoms with Crippen LogP contribution >= 0.6 is 0 Å². The Kier molecular flexibility index (Phi) is 3.09. The van der Waals surface area contributed by atoms with E-state index < -0.39 is 0 Å². The second kappa shape index (κ2) is 3.92. The Morgan fingerprint density at radius 3 is 2.77 bits per heavy atom. The summed E-state index contributed by atoms with van der Waals surface area (Å²) in [5.74, 6) is 0. The maximum Gasteiger partial charge on any atom is 0.0527 e. The number of nitrogens with zero attached hydrogens (tertiary/aromatic N) is 2. The lowest BCUT2D eigenvalue weighted by Gasteiger charge is -2.19. The SMILES string of the molecule is CCCn1cc(C(C)(C)CN)cn1. The van der Waals surface area contributed by atoms with Crippen LogP contribution in [0.3, 0.4) is 0 Å². The van der Waals surface area contributed by atoms with Gasteiger partial charge in [-0.25, -0.2) is 0 Å². The van der Waals surface area contributed by atoms with Crippen molar-refractivity contribution in [3.05, 3.63) is 18.0 Å². The maximum atomic E-state index is 5.68. The second-order valence-corrected chi connectivity index (χ2v) is 4.08. The lowest BCUT2D eigenvalue weighted by atomic mass is 9.87.